The van der Waals surface area contributed by atoms with Crippen molar-refractivity contribution in [2.45, 2.75) is 25.7 Å². The van der Waals surface area contributed by atoms with E-state index < -0.39 is 0 Å². The molecule has 2 heterocycles. The largest absolute Gasteiger partial charge is 0.261 e. The molecule has 0 saturated heterocycles. The molecule has 0 aliphatic carbocycles. The monoisotopic (exact) mass is 345 g/mol. The number of thiophene rings is 1. The Balaban J connectivity index is 1.92. The number of nitrogens with zero attached hydrogens (tertiary/aromatic N) is 1. The molecule has 3 rings (SSSR count). The van der Waals surface area contributed by atoms with Crippen molar-refractivity contribution in [1.82, 2.24) is 4.98 Å². The lowest BCUT2D eigenvalue weighted by Crippen LogP contribution is -2.21. The fourth-order valence-electron chi connectivity index (χ4n) is 2.45. The minimum absolute atomic E-state index is 0.0549. The molecule has 1 aromatic carbocycles. The summed E-state index contributed by atoms with van der Waals surface area (Å²) in [6.07, 6.45) is 2.89. The van der Waals surface area contributed by atoms with Gasteiger partial charge in [-0.25, -0.2) is 0 Å². The highest BCUT2D eigenvalue weighted by Gasteiger charge is 2.23. The molecule has 20 heavy (non-hydrogen) atoms. The van der Waals surface area contributed by atoms with Gasteiger partial charge in [-0.15, -0.1) is 11.3 Å². The minimum atomic E-state index is 0.0549. The van der Waals surface area contributed by atoms with Gasteiger partial charge < -0.3 is 0 Å². The Bertz CT molecular complexity index is 731. The lowest BCUT2D eigenvalue weighted by molar-refractivity contribution is 0.510. The fourth-order valence-corrected chi connectivity index (χ4v) is 4.10. The standard InChI is InChI=1S/C17H16BrNS/c1-17(2,16-5-3-4-8-19-16)11-14-10-12-9-13(18)6-7-15(12)20-14/h3-10H,11H2,1-2H3. The first-order valence-electron chi connectivity index (χ1n) is 6.64. The predicted molar refractivity (Wildman–Crippen MR) is 90.5 cm³/mol. The van der Waals surface area contributed by atoms with Crippen molar-refractivity contribution in [1.29, 1.82) is 0 Å². The number of hydrogen-bond donors (Lipinski definition) is 0. The molecule has 0 saturated carbocycles. The van der Waals surface area contributed by atoms with Crippen LogP contribution in [-0.2, 0) is 11.8 Å². The average Bonchev–Trinajstić information content (AvgIpc) is 2.80. The number of aromatic nitrogens is 1. The molecule has 0 bridgehead atoms. The quantitative estimate of drug-likeness (QED) is 0.603. The van der Waals surface area contributed by atoms with Crippen LogP contribution in [0.4, 0.5) is 0 Å². The zero-order valence-electron chi connectivity index (χ0n) is 11.6. The number of pyridine rings is 1. The second-order valence-corrected chi connectivity index (χ2v) is 7.75. The Morgan fingerprint density at radius 3 is 2.75 bits per heavy atom. The second-order valence-electron chi connectivity index (χ2n) is 5.67. The Morgan fingerprint density at radius 2 is 2.00 bits per heavy atom. The molecule has 0 radical (unpaired) electrons. The maximum absolute atomic E-state index is 4.51. The summed E-state index contributed by atoms with van der Waals surface area (Å²) in [5.74, 6) is 0. The topological polar surface area (TPSA) is 12.9 Å². The van der Waals surface area contributed by atoms with Gasteiger partial charge in [-0.05, 0) is 48.2 Å². The summed E-state index contributed by atoms with van der Waals surface area (Å²) >= 11 is 5.41. The van der Waals surface area contributed by atoms with E-state index in [0.29, 0.717) is 0 Å². The van der Waals surface area contributed by atoms with Crippen molar-refractivity contribution in [3.63, 3.8) is 0 Å². The zero-order valence-corrected chi connectivity index (χ0v) is 14.0. The summed E-state index contributed by atoms with van der Waals surface area (Å²) in [6, 6.07) is 14.9. The second kappa shape index (κ2) is 5.30. The third-order valence-electron chi connectivity index (χ3n) is 3.50. The van der Waals surface area contributed by atoms with Crippen LogP contribution < -0.4 is 0 Å². The van der Waals surface area contributed by atoms with Crippen molar-refractivity contribution in [2.24, 2.45) is 0 Å². The van der Waals surface area contributed by atoms with Crippen LogP contribution >= 0.6 is 27.3 Å². The van der Waals surface area contributed by atoms with Gasteiger partial charge in [0.05, 0.1) is 0 Å². The third-order valence-corrected chi connectivity index (χ3v) is 5.11. The maximum Gasteiger partial charge on any atom is 0.0463 e. The average molecular weight is 346 g/mol. The van der Waals surface area contributed by atoms with Gasteiger partial charge in [0.25, 0.3) is 0 Å². The summed E-state index contributed by atoms with van der Waals surface area (Å²) < 4.78 is 2.48. The normalized spacial score (nSPS) is 11.9. The molecule has 1 nitrogen and oxygen atoms in total. The summed E-state index contributed by atoms with van der Waals surface area (Å²) in [5.41, 5.74) is 1.21. The number of halogens is 1. The molecule has 3 aromatic rings. The van der Waals surface area contributed by atoms with E-state index in [2.05, 4.69) is 71.2 Å². The van der Waals surface area contributed by atoms with Gasteiger partial charge in [-0.2, -0.15) is 0 Å². The lowest BCUT2D eigenvalue weighted by atomic mass is 9.84. The van der Waals surface area contributed by atoms with Crippen LogP contribution in [-0.4, -0.2) is 4.98 Å². The summed E-state index contributed by atoms with van der Waals surface area (Å²) in [7, 11) is 0. The highest BCUT2D eigenvalue weighted by molar-refractivity contribution is 9.10. The van der Waals surface area contributed by atoms with E-state index in [0.717, 1.165) is 16.6 Å². The van der Waals surface area contributed by atoms with Gasteiger partial charge in [0.15, 0.2) is 0 Å². The van der Waals surface area contributed by atoms with Crippen LogP contribution in [0.15, 0.2) is 53.1 Å². The van der Waals surface area contributed by atoms with Crippen LogP contribution in [0.5, 0.6) is 0 Å². The molecule has 0 atom stereocenters. The van der Waals surface area contributed by atoms with Gasteiger partial charge in [0, 0.05) is 31.4 Å². The van der Waals surface area contributed by atoms with Gasteiger partial charge >= 0.3 is 0 Å². The van der Waals surface area contributed by atoms with Crippen molar-refractivity contribution >= 4 is 37.4 Å². The van der Waals surface area contributed by atoms with Crippen LogP contribution in [0.2, 0.25) is 0 Å². The molecular weight excluding hydrogens is 330 g/mol. The van der Waals surface area contributed by atoms with Crippen molar-refractivity contribution < 1.29 is 0 Å². The van der Waals surface area contributed by atoms with E-state index in [1.54, 1.807) is 0 Å². The first-order valence-corrected chi connectivity index (χ1v) is 8.25. The van der Waals surface area contributed by atoms with Crippen LogP contribution in [0.25, 0.3) is 10.1 Å². The maximum atomic E-state index is 4.51. The molecule has 0 aliphatic rings. The summed E-state index contributed by atoms with van der Waals surface area (Å²) in [4.78, 5) is 5.92. The molecule has 0 N–H and O–H groups in total. The van der Waals surface area contributed by atoms with Crippen molar-refractivity contribution in [3.05, 3.63) is 63.7 Å². The summed E-state index contributed by atoms with van der Waals surface area (Å²) in [5, 5.41) is 1.32. The smallest absolute Gasteiger partial charge is 0.0463 e. The Morgan fingerprint density at radius 1 is 1.15 bits per heavy atom. The van der Waals surface area contributed by atoms with Crippen LogP contribution in [0.3, 0.4) is 0 Å². The third kappa shape index (κ3) is 2.79. The molecule has 0 spiro atoms. The van der Waals surface area contributed by atoms with E-state index in [-0.39, 0.29) is 5.41 Å². The van der Waals surface area contributed by atoms with E-state index in [1.807, 2.05) is 23.6 Å². The number of fused-ring (bicyclic) bond motifs is 1. The number of hydrogen-bond acceptors (Lipinski definition) is 2. The minimum Gasteiger partial charge on any atom is -0.261 e. The Labute approximate surface area is 131 Å². The highest BCUT2D eigenvalue weighted by atomic mass is 79.9. The molecule has 3 heteroatoms. The number of rotatable bonds is 3. The number of benzene rings is 1. The van der Waals surface area contributed by atoms with Gasteiger partial charge in [-0.1, -0.05) is 35.8 Å². The zero-order chi connectivity index (χ0) is 14.2. The molecule has 0 amide bonds. The van der Waals surface area contributed by atoms with Gasteiger partial charge in [0.1, 0.15) is 0 Å². The SMILES string of the molecule is CC(C)(Cc1cc2cc(Br)ccc2s1)c1ccccn1. The first-order chi connectivity index (χ1) is 9.54. The van der Waals surface area contributed by atoms with Gasteiger partial charge in [-0.3, -0.25) is 4.98 Å². The molecule has 2 aromatic heterocycles. The van der Waals surface area contributed by atoms with E-state index in [1.165, 1.54) is 15.0 Å². The highest BCUT2D eigenvalue weighted by Crippen LogP contribution is 2.33. The van der Waals surface area contributed by atoms with Crippen LogP contribution in [0.1, 0.15) is 24.4 Å². The molecule has 0 aliphatic heterocycles. The van der Waals surface area contributed by atoms with E-state index in [4.69, 9.17) is 0 Å². The van der Waals surface area contributed by atoms with Crippen molar-refractivity contribution in [2.75, 3.05) is 0 Å². The predicted octanol–water partition coefficient (Wildman–Crippen LogP) is 5.58. The van der Waals surface area contributed by atoms with Crippen LogP contribution in [0, 0.1) is 0 Å². The van der Waals surface area contributed by atoms with Gasteiger partial charge in [0.2, 0.25) is 0 Å². The molecule has 0 fully saturated rings. The Kier molecular flexibility index (Phi) is 3.65. The first kappa shape index (κ1) is 13.8. The summed E-state index contributed by atoms with van der Waals surface area (Å²) in [6.45, 7) is 4.52. The Hall–Kier alpha value is -1.19. The lowest BCUT2D eigenvalue weighted by Gasteiger charge is -2.23. The van der Waals surface area contributed by atoms with E-state index in [9.17, 15) is 0 Å². The molecular formula is C17H16BrNS. The van der Waals surface area contributed by atoms with Crippen molar-refractivity contribution in [3.8, 4) is 0 Å². The van der Waals surface area contributed by atoms with E-state index >= 15 is 0 Å². The molecule has 0 unspecified atom stereocenters. The molecule has 102 valence electrons. The fraction of sp³-hybridized carbons (Fsp3) is 0.235.